The summed E-state index contributed by atoms with van der Waals surface area (Å²) >= 11 is 0. The quantitative estimate of drug-likeness (QED) is 0.908. The van der Waals surface area contributed by atoms with Crippen molar-refractivity contribution in [3.63, 3.8) is 0 Å². The lowest BCUT2D eigenvalue weighted by molar-refractivity contribution is 0.285. The summed E-state index contributed by atoms with van der Waals surface area (Å²) in [5, 5.41) is 0. The predicted octanol–water partition coefficient (Wildman–Crippen LogP) is 3.80. The molecular weight excluding hydrogens is 272 g/mol. The van der Waals surface area contributed by atoms with Gasteiger partial charge in [-0.05, 0) is 54.2 Å². The molecule has 2 nitrogen and oxygen atoms in total. The maximum atomic E-state index is 13.7. The number of hydrogen-bond donors (Lipinski definition) is 1. The normalized spacial score (nSPS) is 15.8. The molecule has 1 fully saturated rings. The van der Waals surface area contributed by atoms with Crippen LogP contribution in [0.25, 0.3) is 0 Å². The molecule has 110 valence electrons. The minimum atomic E-state index is -0.436. The molecule has 0 heterocycles. The summed E-state index contributed by atoms with van der Waals surface area (Å²) < 4.78 is 32.2. The highest BCUT2D eigenvalue weighted by Gasteiger charge is 2.22. The summed E-state index contributed by atoms with van der Waals surface area (Å²) in [7, 11) is 0. The second kappa shape index (κ2) is 5.82. The lowest BCUT2D eigenvalue weighted by atomic mass is 9.99. The van der Waals surface area contributed by atoms with Crippen LogP contribution in [0.1, 0.15) is 30.0 Å². The molecule has 3 rings (SSSR count). The molecule has 0 aliphatic heterocycles. The number of halogens is 2. The van der Waals surface area contributed by atoms with Crippen LogP contribution < -0.4 is 10.5 Å². The first-order valence-corrected chi connectivity index (χ1v) is 7.07. The summed E-state index contributed by atoms with van der Waals surface area (Å²) in [5.41, 5.74) is 7.67. The van der Waals surface area contributed by atoms with Crippen molar-refractivity contribution in [2.75, 3.05) is 6.61 Å². The number of hydrogen-bond acceptors (Lipinski definition) is 2. The Labute approximate surface area is 122 Å². The molecular formula is C17H17F2NO. The summed E-state index contributed by atoms with van der Waals surface area (Å²) in [6.45, 7) is 0.548. The Morgan fingerprint density at radius 1 is 1.05 bits per heavy atom. The molecule has 2 aromatic rings. The van der Waals surface area contributed by atoms with E-state index in [1.54, 1.807) is 24.3 Å². The number of rotatable bonds is 5. The molecule has 0 spiro atoms. The van der Waals surface area contributed by atoms with Gasteiger partial charge in [0.1, 0.15) is 5.82 Å². The van der Waals surface area contributed by atoms with Gasteiger partial charge in [0.2, 0.25) is 0 Å². The Kier molecular flexibility index (Phi) is 3.88. The van der Waals surface area contributed by atoms with Crippen molar-refractivity contribution in [2.24, 2.45) is 11.7 Å². The monoisotopic (exact) mass is 289 g/mol. The van der Waals surface area contributed by atoms with Gasteiger partial charge >= 0.3 is 0 Å². The third-order valence-electron chi connectivity index (χ3n) is 3.71. The van der Waals surface area contributed by atoms with Crippen LogP contribution in [-0.2, 0) is 0 Å². The Balaban J connectivity index is 1.79. The average molecular weight is 289 g/mol. The largest absolute Gasteiger partial charge is 0.490 e. The van der Waals surface area contributed by atoms with E-state index in [4.69, 9.17) is 10.5 Å². The smallest absolute Gasteiger partial charge is 0.165 e. The van der Waals surface area contributed by atoms with E-state index >= 15 is 0 Å². The van der Waals surface area contributed by atoms with Crippen LogP contribution in [0.15, 0.2) is 42.5 Å². The van der Waals surface area contributed by atoms with Crippen LogP contribution in [0, 0.1) is 17.6 Å². The minimum absolute atomic E-state index is 0.233. The van der Waals surface area contributed by atoms with Crippen molar-refractivity contribution in [1.29, 1.82) is 0 Å². The van der Waals surface area contributed by atoms with E-state index in [9.17, 15) is 8.78 Å². The van der Waals surface area contributed by atoms with Gasteiger partial charge in [-0.2, -0.15) is 0 Å². The Morgan fingerprint density at radius 2 is 1.71 bits per heavy atom. The predicted molar refractivity (Wildman–Crippen MR) is 77.0 cm³/mol. The molecule has 2 aromatic carbocycles. The Hall–Kier alpha value is -1.94. The zero-order chi connectivity index (χ0) is 14.8. The molecule has 0 radical (unpaired) electrons. The highest BCUT2D eigenvalue weighted by Crippen LogP contribution is 2.31. The summed E-state index contributed by atoms with van der Waals surface area (Å²) in [4.78, 5) is 0. The first-order chi connectivity index (χ1) is 10.1. The molecule has 1 aliphatic carbocycles. The number of nitrogens with two attached hydrogens (primary N) is 1. The van der Waals surface area contributed by atoms with Gasteiger partial charge in [0.25, 0.3) is 0 Å². The standard InChI is InChI=1S/C17H17F2NO/c18-14-6-3-12(4-7-14)17(20)13-5-8-15(19)16(9-13)21-10-11-1-2-11/h3-9,11,17H,1-2,10,20H2/t17-/m1/s1. The molecule has 0 unspecified atom stereocenters. The molecule has 1 atom stereocenters. The third-order valence-corrected chi connectivity index (χ3v) is 3.71. The van der Waals surface area contributed by atoms with E-state index in [0.717, 1.165) is 24.0 Å². The highest BCUT2D eigenvalue weighted by atomic mass is 19.1. The molecule has 0 aromatic heterocycles. The van der Waals surface area contributed by atoms with Crippen molar-refractivity contribution in [3.05, 3.63) is 65.2 Å². The molecule has 0 saturated heterocycles. The Morgan fingerprint density at radius 3 is 2.38 bits per heavy atom. The van der Waals surface area contributed by atoms with E-state index in [-0.39, 0.29) is 17.4 Å². The van der Waals surface area contributed by atoms with Crippen LogP contribution in [0.3, 0.4) is 0 Å². The topological polar surface area (TPSA) is 35.2 Å². The Bertz CT molecular complexity index is 623. The van der Waals surface area contributed by atoms with E-state index in [1.165, 1.54) is 18.2 Å². The molecule has 0 amide bonds. The minimum Gasteiger partial charge on any atom is -0.490 e. The first-order valence-electron chi connectivity index (χ1n) is 7.07. The SMILES string of the molecule is N[C@H](c1ccc(F)cc1)c1ccc(F)c(OCC2CC2)c1. The molecule has 21 heavy (non-hydrogen) atoms. The molecule has 0 bridgehead atoms. The molecule has 4 heteroatoms. The van der Waals surface area contributed by atoms with Crippen LogP contribution in [-0.4, -0.2) is 6.61 Å². The summed E-state index contributed by atoms with van der Waals surface area (Å²) in [6.07, 6.45) is 2.30. The van der Waals surface area contributed by atoms with Gasteiger partial charge < -0.3 is 10.5 Å². The second-order valence-corrected chi connectivity index (χ2v) is 5.47. The van der Waals surface area contributed by atoms with Crippen molar-refractivity contribution < 1.29 is 13.5 Å². The van der Waals surface area contributed by atoms with E-state index in [2.05, 4.69) is 0 Å². The fourth-order valence-electron chi connectivity index (χ4n) is 2.18. The fourth-order valence-corrected chi connectivity index (χ4v) is 2.18. The maximum Gasteiger partial charge on any atom is 0.165 e. The lowest BCUT2D eigenvalue weighted by Gasteiger charge is -2.15. The first kappa shape index (κ1) is 14.0. The van der Waals surface area contributed by atoms with Gasteiger partial charge in [0.05, 0.1) is 12.6 Å². The molecule has 1 aliphatic rings. The number of benzene rings is 2. The van der Waals surface area contributed by atoms with Gasteiger partial charge in [-0.25, -0.2) is 8.78 Å². The molecule has 2 N–H and O–H groups in total. The third kappa shape index (κ3) is 3.39. The van der Waals surface area contributed by atoms with E-state index < -0.39 is 6.04 Å². The van der Waals surface area contributed by atoms with Crippen LogP contribution in [0.2, 0.25) is 0 Å². The van der Waals surface area contributed by atoms with Crippen LogP contribution >= 0.6 is 0 Å². The van der Waals surface area contributed by atoms with Crippen LogP contribution in [0.4, 0.5) is 8.78 Å². The van der Waals surface area contributed by atoms with Crippen molar-refractivity contribution >= 4 is 0 Å². The van der Waals surface area contributed by atoms with Crippen molar-refractivity contribution in [3.8, 4) is 5.75 Å². The second-order valence-electron chi connectivity index (χ2n) is 5.47. The van der Waals surface area contributed by atoms with Crippen LogP contribution in [0.5, 0.6) is 5.75 Å². The van der Waals surface area contributed by atoms with Gasteiger partial charge in [-0.15, -0.1) is 0 Å². The lowest BCUT2D eigenvalue weighted by Crippen LogP contribution is -2.12. The van der Waals surface area contributed by atoms with Gasteiger partial charge in [-0.3, -0.25) is 0 Å². The highest BCUT2D eigenvalue weighted by molar-refractivity contribution is 5.37. The van der Waals surface area contributed by atoms with Gasteiger partial charge in [0.15, 0.2) is 11.6 Å². The molecule has 1 saturated carbocycles. The van der Waals surface area contributed by atoms with Gasteiger partial charge in [-0.1, -0.05) is 18.2 Å². The average Bonchev–Trinajstić information content (AvgIpc) is 3.31. The zero-order valence-corrected chi connectivity index (χ0v) is 11.6. The van der Waals surface area contributed by atoms with E-state index in [0.29, 0.717) is 12.5 Å². The van der Waals surface area contributed by atoms with Gasteiger partial charge in [0, 0.05) is 0 Å². The summed E-state index contributed by atoms with van der Waals surface area (Å²) in [5.74, 6) is 0.0972. The fraction of sp³-hybridized carbons (Fsp3) is 0.294. The van der Waals surface area contributed by atoms with E-state index in [1.807, 2.05) is 0 Å². The number of ether oxygens (including phenoxy) is 1. The summed E-state index contributed by atoms with van der Waals surface area (Å²) in [6, 6.07) is 10.2. The zero-order valence-electron chi connectivity index (χ0n) is 11.6. The van der Waals surface area contributed by atoms with Crippen molar-refractivity contribution in [1.82, 2.24) is 0 Å². The maximum absolute atomic E-state index is 13.7. The van der Waals surface area contributed by atoms with Crippen molar-refractivity contribution in [2.45, 2.75) is 18.9 Å².